The minimum Gasteiger partial charge on any atom is -0.493 e. The summed E-state index contributed by atoms with van der Waals surface area (Å²) in [6.45, 7) is 3.93. The molecule has 0 radical (unpaired) electrons. The van der Waals surface area contributed by atoms with E-state index in [0.29, 0.717) is 37.7 Å². The summed E-state index contributed by atoms with van der Waals surface area (Å²) < 4.78 is 86.8. The van der Waals surface area contributed by atoms with Gasteiger partial charge >= 0.3 is 0 Å². The minimum absolute atomic E-state index is 0. The first-order valence-electron chi connectivity index (χ1n) is 10.9. The van der Waals surface area contributed by atoms with Crippen LogP contribution in [-0.4, -0.2) is 105 Å². The Labute approximate surface area is 208 Å². The summed E-state index contributed by atoms with van der Waals surface area (Å²) in [5.74, 6) is -1.52. The normalized spacial score (nSPS) is 20.6. The highest BCUT2D eigenvalue weighted by molar-refractivity contribution is 7.85. The lowest BCUT2D eigenvalue weighted by atomic mass is 10.1. The van der Waals surface area contributed by atoms with Crippen molar-refractivity contribution in [3.05, 3.63) is 23.7 Å². The molecule has 0 unspecified atom stereocenters. The fourth-order valence-electron chi connectivity index (χ4n) is 4.23. The van der Waals surface area contributed by atoms with Crippen molar-refractivity contribution in [3.8, 4) is 11.5 Å². The Balaban J connectivity index is 0.00000361. The zero-order valence-electron chi connectivity index (χ0n) is 19.5. The topological polar surface area (TPSA) is 206 Å². The molecule has 202 valence electrons. The third-order valence-electron chi connectivity index (χ3n) is 5.65. The van der Waals surface area contributed by atoms with Crippen molar-refractivity contribution in [2.45, 2.75) is 30.1 Å². The first-order chi connectivity index (χ1) is 16.5. The number of fused-ring (bicyclic) bond motifs is 2. The number of hydrogen-bond acceptors (Lipinski definition) is 11. The largest absolute Gasteiger partial charge is 0.493 e. The number of ether oxygens (including phenoxy) is 4. The molecular formula is C20H29N3O11S2. The van der Waals surface area contributed by atoms with Gasteiger partial charge in [-0.15, -0.1) is 0 Å². The maximum Gasteiger partial charge on any atom is 0.272 e. The maximum absolute atomic E-state index is 11.5. The van der Waals surface area contributed by atoms with E-state index < -0.39 is 31.7 Å². The van der Waals surface area contributed by atoms with Gasteiger partial charge in [0, 0.05) is 31.1 Å². The van der Waals surface area contributed by atoms with Crippen LogP contribution >= 0.6 is 0 Å². The summed E-state index contributed by atoms with van der Waals surface area (Å²) in [5, 5.41) is 0.232. The van der Waals surface area contributed by atoms with Crippen LogP contribution in [0.3, 0.4) is 0 Å². The van der Waals surface area contributed by atoms with Crippen LogP contribution in [0.25, 0.3) is 10.9 Å². The number of aromatic nitrogens is 2. The van der Waals surface area contributed by atoms with Crippen molar-refractivity contribution in [2.75, 3.05) is 46.6 Å². The van der Waals surface area contributed by atoms with Crippen molar-refractivity contribution in [1.29, 1.82) is 0 Å². The van der Waals surface area contributed by atoms with Gasteiger partial charge < -0.3 is 24.4 Å². The quantitative estimate of drug-likeness (QED) is 0.281. The number of benzene rings is 1. The van der Waals surface area contributed by atoms with E-state index in [1.807, 2.05) is 0 Å². The van der Waals surface area contributed by atoms with Crippen molar-refractivity contribution in [3.63, 3.8) is 0 Å². The standard InChI is InChI=1S/C20H27N3O10S2.H2O/c1-30-16-8-14-13(15(11-34(24,25)26)22-20(21-14)12-35(27,28)29)7-17(16)31-4-2-3-23-9-18-19(10-23)33-6-5-32-18;/h7-8,18-19H,2-6,9-12H2,1H3,(H,24,25,26)(H,27,28,29);1H2/t18-,19+;. The van der Waals surface area contributed by atoms with Crippen molar-refractivity contribution < 1.29 is 50.4 Å². The Kier molecular flexibility index (Phi) is 9.05. The monoisotopic (exact) mass is 551 g/mol. The fraction of sp³-hybridized carbons (Fsp3) is 0.600. The summed E-state index contributed by atoms with van der Waals surface area (Å²) in [6, 6.07) is 2.94. The molecule has 4 rings (SSSR count). The van der Waals surface area contributed by atoms with E-state index in [9.17, 15) is 21.4 Å². The van der Waals surface area contributed by atoms with Gasteiger partial charge in [-0.2, -0.15) is 16.8 Å². The highest BCUT2D eigenvalue weighted by atomic mass is 32.2. The molecule has 0 spiro atoms. The Morgan fingerprint density at radius 2 is 1.64 bits per heavy atom. The van der Waals surface area contributed by atoms with Gasteiger partial charge in [-0.3, -0.25) is 14.0 Å². The second kappa shape index (κ2) is 11.5. The second-order valence-corrected chi connectivity index (χ2v) is 11.2. The first kappa shape index (κ1) is 28.4. The van der Waals surface area contributed by atoms with Gasteiger partial charge in [0.2, 0.25) is 0 Å². The third-order valence-corrected chi connectivity index (χ3v) is 6.91. The molecule has 4 N–H and O–H groups in total. The predicted octanol–water partition coefficient (Wildman–Crippen LogP) is -0.542. The Bertz CT molecular complexity index is 1270. The van der Waals surface area contributed by atoms with Gasteiger partial charge in [0.25, 0.3) is 20.2 Å². The number of likely N-dealkylation sites (tertiary alicyclic amines) is 1. The third kappa shape index (κ3) is 7.42. The van der Waals surface area contributed by atoms with Crippen molar-refractivity contribution in [1.82, 2.24) is 14.9 Å². The molecule has 16 heteroatoms. The molecule has 2 aliphatic heterocycles. The minimum atomic E-state index is -4.50. The molecule has 2 aromatic rings. The van der Waals surface area contributed by atoms with E-state index in [1.165, 1.54) is 19.2 Å². The summed E-state index contributed by atoms with van der Waals surface area (Å²) in [4.78, 5) is 10.3. The van der Waals surface area contributed by atoms with Crippen LogP contribution in [-0.2, 0) is 41.2 Å². The van der Waals surface area contributed by atoms with Gasteiger partial charge in [0.1, 0.15) is 17.3 Å². The van der Waals surface area contributed by atoms with E-state index in [4.69, 9.17) is 23.5 Å². The van der Waals surface area contributed by atoms with E-state index >= 15 is 0 Å². The first-order valence-corrected chi connectivity index (χ1v) is 14.1. The van der Waals surface area contributed by atoms with E-state index in [-0.39, 0.29) is 40.1 Å². The molecule has 2 saturated heterocycles. The zero-order valence-corrected chi connectivity index (χ0v) is 21.1. The van der Waals surface area contributed by atoms with Crippen LogP contribution in [0.1, 0.15) is 17.9 Å². The molecule has 0 saturated carbocycles. The van der Waals surface area contributed by atoms with Gasteiger partial charge in [0.15, 0.2) is 11.5 Å². The summed E-state index contributed by atoms with van der Waals surface area (Å²) in [7, 11) is -7.55. The van der Waals surface area contributed by atoms with Crippen LogP contribution < -0.4 is 9.47 Å². The molecule has 0 bridgehead atoms. The lowest BCUT2D eigenvalue weighted by Gasteiger charge is -2.24. The second-order valence-electron chi connectivity index (χ2n) is 8.34. The van der Waals surface area contributed by atoms with Crippen LogP contribution in [0.4, 0.5) is 0 Å². The van der Waals surface area contributed by atoms with E-state index in [0.717, 1.165) is 19.6 Å². The van der Waals surface area contributed by atoms with E-state index in [1.54, 1.807) is 0 Å². The maximum atomic E-state index is 11.5. The Hall–Kier alpha value is -2.18. The van der Waals surface area contributed by atoms with Crippen LogP contribution in [0.2, 0.25) is 0 Å². The van der Waals surface area contributed by atoms with Crippen molar-refractivity contribution in [2.24, 2.45) is 0 Å². The van der Waals surface area contributed by atoms with Gasteiger partial charge in [0.05, 0.1) is 50.3 Å². The molecular weight excluding hydrogens is 522 g/mol. The van der Waals surface area contributed by atoms with Crippen LogP contribution in [0.5, 0.6) is 11.5 Å². The molecule has 1 aromatic heterocycles. The molecule has 36 heavy (non-hydrogen) atoms. The number of nitrogens with zero attached hydrogens (tertiary/aromatic N) is 3. The van der Waals surface area contributed by atoms with E-state index in [2.05, 4.69) is 14.9 Å². The highest BCUT2D eigenvalue weighted by Gasteiger charge is 2.36. The van der Waals surface area contributed by atoms with Crippen LogP contribution in [0, 0.1) is 0 Å². The lowest BCUT2D eigenvalue weighted by molar-refractivity contribution is -0.116. The molecule has 1 aromatic carbocycles. The summed E-state index contributed by atoms with van der Waals surface area (Å²) >= 11 is 0. The Morgan fingerprint density at radius 3 is 2.22 bits per heavy atom. The lowest BCUT2D eigenvalue weighted by Crippen LogP contribution is -2.36. The molecule has 2 fully saturated rings. The fourth-order valence-corrected chi connectivity index (χ4v) is 5.25. The average Bonchev–Trinajstić information content (AvgIpc) is 3.17. The number of hydrogen-bond donors (Lipinski definition) is 2. The molecule has 2 atom stereocenters. The smallest absolute Gasteiger partial charge is 0.272 e. The SMILES string of the molecule is COc1cc2nc(CS(=O)(=O)O)nc(CS(=O)(=O)O)c2cc1OCCCN1C[C@@H]2OCCO[C@@H]2C1.O. The predicted molar refractivity (Wildman–Crippen MR) is 126 cm³/mol. The molecule has 14 nitrogen and oxygen atoms in total. The molecule has 0 aliphatic carbocycles. The van der Waals surface area contributed by atoms with Gasteiger partial charge in [-0.1, -0.05) is 0 Å². The number of rotatable bonds is 10. The number of methoxy groups -OCH3 is 1. The summed E-state index contributed by atoms with van der Waals surface area (Å²) in [6.07, 6.45) is 0.886. The van der Waals surface area contributed by atoms with Gasteiger partial charge in [-0.25, -0.2) is 9.97 Å². The molecule has 0 amide bonds. The average molecular weight is 552 g/mol. The highest BCUT2D eigenvalue weighted by Crippen LogP contribution is 2.33. The molecule has 2 aliphatic rings. The van der Waals surface area contributed by atoms with Crippen LogP contribution in [0.15, 0.2) is 12.1 Å². The zero-order chi connectivity index (χ0) is 25.2. The Morgan fingerprint density at radius 1 is 1.00 bits per heavy atom. The van der Waals surface area contributed by atoms with Crippen molar-refractivity contribution >= 4 is 31.1 Å². The molecule has 3 heterocycles. The summed E-state index contributed by atoms with van der Waals surface area (Å²) in [5.41, 5.74) is 0.0319. The van der Waals surface area contributed by atoms with Gasteiger partial charge in [-0.05, 0) is 12.5 Å².